The van der Waals surface area contributed by atoms with E-state index < -0.39 is 0 Å². The number of halogens is 1. The Labute approximate surface area is 145 Å². The Kier molecular flexibility index (Phi) is 5.39. The third-order valence-corrected chi connectivity index (χ3v) is 4.06. The monoisotopic (exact) mass is 345 g/mol. The Morgan fingerprint density at radius 2 is 2.08 bits per heavy atom. The van der Waals surface area contributed by atoms with Crippen molar-refractivity contribution >= 4 is 17.4 Å². The van der Waals surface area contributed by atoms with Crippen LogP contribution in [0.15, 0.2) is 36.5 Å². The first-order valence-corrected chi connectivity index (χ1v) is 8.04. The van der Waals surface area contributed by atoms with Gasteiger partial charge in [-0.3, -0.25) is 9.69 Å². The minimum atomic E-state index is -0.320. The van der Waals surface area contributed by atoms with E-state index in [2.05, 4.69) is 25.3 Å². The van der Waals surface area contributed by atoms with Crippen LogP contribution >= 0.6 is 0 Å². The fourth-order valence-corrected chi connectivity index (χ4v) is 2.81. The van der Waals surface area contributed by atoms with Crippen molar-refractivity contribution in [2.75, 3.05) is 50.1 Å². The highest BCUT2D eigenvalue weighted by Crippen LogP contribution is 2.29. The molecular weight excluding hydrogens is 325 g/mol. The normalized spacial score (nSPS) is 15.0. The van der Waals surface area contributed by atoms with Gasteiger partial charge in [-0.25, -0.2) is 4.39 Å². The molecule has 25 heavy (non-hydrogen) atoms. The quantitative estimate of drug-likeness (QED) is 0.883. The molecule has 1 aliphatic rings. The highest BCUT2D eigenvalue weighted by molar-refractivity contribution is 5.91. The molecule has 1 amide bonds. The van der Waals surface area contributed by atoms with E-state index in [9.17, 15) is 9.18 Å². The van der Waals surface area contributed by atoms with Gasteiger partial charge in [0.15, 0.2) is 5.82 Å². The number of benzene rings is 1. The largest absolute Gasteiger partial charge is 0.494 e. The van der Waals surface area contributed by atoms with E-state index in [0.29, 0.717) is 18.1 Å². The van der Waals surface area contributed by atoms with Crippen LogP contribution in [0.3, 0.4) is 0 Å². The van der Waals surface area contributed by atoms with Crippen LogP contribution in [0.4, 0.5) is 15.9 Å². The molecule has 1 N–H and O–H groups in total. The smallest absolute Gasteiger partial charge is 0.239 e. The number of hydrogen-bond donors (Lipinski definition) is 1. The van der Waals surface area contributed by atoms with Crippen LogP contribution in [-0.2, 0) is 4.79 Å². The number of amides is 1. The van der Waals surface area contributed by atoms with E-state index in [1.807, 2.05) is 0 Å². The van der Waals surface area contributed by atoms with Crippen molar-refractivity contribution in [3.8, 4) is 5.75 Å². The third-order valence-electron chi connectivity index (χ3n) is 4.06. The number of aromatic nitrogens is 2. The highest BCUT2D eigenvalue weighted by atomic mass is 19.1. The molecule has 0 saturated carbocycles. The Morgan fingerprint density at radius 3 is 2.76 bits per heavy atom. The van der Waals surface area contributed by atoms with Crippen molar-refractivity contribution in [2.24, 2.45) is 0 Å². The molecule has 0 atom stereocenters. The number of methoxy groups -OCH3 is 1. The third kappa shape index (κ3) is 4.42. The van der Waals surface area contributed by atoms with Gasteiger partial charge in [-0.05, 0) is 24.3 Å². The van der Waals surface area contributed by atoms with E-state index in [1.165, 1.54) is 19.2 Å². The summed E-state index contributed by atoms with van der Waals surface area (Å²) in [5, 5.41) is 10.3. The maximum Gasteiger partial charge on any atom is 0.239 e. The Hall–Kier alpha value is -2.74. The van der Waals surface area contributed by atoms with Crippen LogP contribution in [-0.4, -0.2) is 60.8 Å². The lowest BCUT2D eigenvalue weighted by Crippen LogP contribution is -2.48. The topological polar surface area (TPSA) is 70.6 Å². The van der Waals surface area contributed by atoms with Gasteiger partial charge in [-0.15, -0.1) is 5.10 Å². The van der Waals surface area contributed by atoms with Gasteiger partial charge in [0, 0.05) is 38.4 Å². The SMILES string of the molecule is COc1cc(F)ccc1N1CCN(CC(=O)Nc2cccnn2)CC1. The molecule has 0 radical (unpaired) electrons. The summed E-state index contributed by atoms with van der Waals surface area (Å²) < 4.78 is 18.6. The predicted octanol–water partition coefficient (Wildman–Crippen LogP) is 1.38. The van der Waals surface area contributed by atoms with Gasteiger partial charge in [0.1, 0.15) is 11.6 Å². The number of ether oxygens (including phenoxy) is 1. The van der Waals surface area contributed by atoms with Gasteiger partial charge >= 0.3 is 0 Å². The summed E-state index contributed by atoms with van der Waals surface area (Å²) >= 11 is 0. The molecule has 8 heteroatoms. The zero-order valence-corrected chi connectivity index (χ0v) is 14.0. The van der Waals surface area contributed by atoms with Crippen LogP contribution in [0.1, 0.15) is 0 Å². The molecule has 0 spiro atoms. The number of carbonyl (C=O) groups excluding carboxylic acids is 1. The molecule has 0 bridgehead atoms. The second-order valence-electron chi connectivity index (χ2n) is 5.74. The second kappa shape index (κ2) is 7.89. The summed E-state index contributed by atoms with van der Waals surface area (Å²) in [7, 11) is 1.53. The molecule has 0 aliphatic carbocycles. The molecule has 1 fully saturated rings. The minimum Gasteiger partial charge on any atom is -0.494 e. The fraction of sp³-hybridized carbons (Fsp3) is 0.353. The summed E-state index contributed by atoms with van der Waals surface area (Å²) in [5.74, 6) is 0.532. The van der Waals surface area contributed by atoms with Crippen LogP contribution in [0.2, 0.25) is 0 Å². The molecule has 2 heterocycles. The summed E-state index contributed by atoms with van der Waals surface area (Å²) in [6.07, 6.45) is 1.55. The molecule has 132 valence electrons. The first-order valence-electron chi connectivity index (χ1n) is 8.04. The highest BCUT2D eigenvalue weighted by Gasteiger charge is 2.21. The lowest BCUT2D eigenvalue weighted by molar-refractivity contribution is -0.117. The van der Waals surface area contributed by atoms with Crippen LogP contribution in [0, 0.1) is 5.82 Å². The van der Waals surface area contributed by atoms with Crippen molar-refractivity contribution in [3.63, 3.8) is 0 Å². The lowest BCUT2D eigenvalue weighted by atomic mass is 10.2. The lowest BCUT2D eigenvalue weighted by Gasteiger charge is -2.36. The zero-order valence-electron chi connectivity index (χ0n) is 14.0. The number of nitrogens with zero attached hydrogens (tertiary/aromatic N) is 4. The Morgan fingerprint density at radius 1 is 1.28 bits per heavy atom. The van der Waals surface area contributed by atoms with E-state index in [4.69, 9.17) is 4.74 Å². The van der Waals surface area contributed by atoms with Gasteiger partial charge in [-0.1, -0.05) is 0 Å². The summed E-state index contributed by atoms with van der Waals surface area (Å²) in [6, 6.07) is 7.96. The van der Waals surface area contributed by atoms with Gasteiger partial charge in [0.2, 0.25) is 5.91 Å². The maximum absolute atomic E-state index is 13.3. The van der Waals surface area contributed by atoms with E-state index in [-0.39, 0.29) is 11.7 Å². The molecule has 3 rings (SSSR count). The van der Waals surface area contributed by atoms with Gasteiger partial charge in [0.05, 0.1) is 19.3 Å². The summed E-state index contributed by atoms with van der Waals surface area (Å²) in [4.78, 5) is 16.3. The molecule has 2 aromatic rings. The predicted molar refractivity (Wildman–Crippen MR) is 92.3 cm³/mol. The number of anilines is 2. The Balaban J connectivity index is 1.53. The fourth-order valence-electron chi connectivity index (χ4n) is 2.81. The van der Waals surface area contributed by atoms with Crippen molar-refractivity contribution in [1.82, 2.24) is 15.1 Å². The first kappa shape index (κ1) is 17.1. The standard InChI is InChI=1S/C17H20FN5O2/c1-25-15-11-13(18)4-5-14(15)23-9-7-22(8-10-23)12-17(24)20-16-3-2-6-19-21-16/h2-6,11H,7-10,12H2,1H3,(H,20,21,24). The molecule has 1 aliphatic heterocycles. The van der Waals surface area contributed by atoms with Gasteiger partial charge in [-0.2, -0.15) is 5.10 Å². The van der Waals surface area contributed by atoms with Gasteiger partial charge in [0.25, 0.3) is 0 Å². The summed E-state index contributed by atoms with van der Waals surface area (Å²) in [6.45, 7) is 3.23. The van der Waals surface area contributed by atoms with Crippen LogP contribution < -0.4 is 15.0 Å². The molecule has 7 nitrogen and oxygen atoms in total. The number of rotatable bonds is 5. The van der Waals surface area contributed by atoms with Crippen LogP contribution in [0.5, 0.6) is 5.75 Å². The molecular formula is C17H20FN5O2. The Bertz CT molecular complexity index is 720. The maximum atomic E-state index is 13.3. The van der Waals surface area contributed by atoms with Crippen molar-refractivity contribution in [2.45, 2.75) is 0 Å². The minimum absolute atomic E-state index is 0.117. The van der Waals surface area contributed by atoms with E-state index >= 15 is 0 Å². The molecule has 0 unspecified atom stereocenters. The number of carbonyl (C=O) groups is 1. The number of piperazine rings is 1. The molecule has 1 aromatic carbocycles. The average molecular weight is 345 g/mol. The first-order chi connectivity index (χ1) is 12.2. The zero-order chi connectivity index (χ0) is 17.6. The molecule has 1 saturated heterocycles. The molecule has 1 aromatic heterocycles. The van der Waals surface area contributed by atoms with E-state index in [0.717, 1.165) is 31.9 Å². The number of nitrogens with one attached hydrogen (secondary N) is 1. The number of hydrogen-bond acceptors (Lipinski definition) is 6. The van der Waals surface area contributed by atoms with Gasteiger partial charge < -0.3 is 15.0 Å². The van der Waals surface area contributed by atoms with Crippen molar-refractivity contribution < 1.29 is 13.9 Å². The summed E-state index contributed by atoms with van der Waals surface area (Å²) in [5.41, 5.74) is 0.868. The average Bonchev–Trinajstić information content (AvgIpc) is 2.63. The van der Waals surface area contributed by atoms with Crippen molar-refractivity contribution in [3.05, 3.63) is 42.3 Å². The van der Waals surface area contributed by atoms with Crippen LogP contribution in [0.25, 0.3) is 0 Å². The second-order valence-corrected chi connectivity index (χ2v) is 5.74. The van der Waals surface area contributed by atoms with E-state index in [1.54, 1.807) is 24.4 Å². The van der Waals surface area contributed by atoms with Crippen molar-refractivity contribution in [1.29, 1.82) is 0 Å².